The van der Waals surface area contributed by atoms with Crippen molar-refractivity contribution < 1.29 is 9.63 Å². The lowest BCUT2D eigenvalue weighted by Gasteiger charge is -2.04. The summed E-state index contributed by atoms with van der Waals surface area (Å²) in [6, 6.07) is 17.2. The van der Waals surface area contributed by atoms with Crippen LogP contribution in [0.1, 0.15) is 28.9 Å². The minimum atomic E-state index is -0.891. The standard InChI is InChI=1S/C16H13BrN2O2/c17-13-8-6-11(7-9-13)10-14-18-16(21-19-14)15(20)12-4-2-1-3-5-12/h1-9,15,20H,10H2. The van der Waals surface area contributed by atoms with E-state index in [-0.39, 0.29) is 5.89 Å². The topological polar surface area (TPSA) is 59.2 Å². The summed E-state index contributed by atoms with van der Waals surface area (Å²) in [5.74, 6) is 0.774. The van der Waals surface area contributed by atoms with Crippen LogP contribution in [-0.2, 0) is 6.42 Å². The van der Waals surface area contributed by atoms with E-state index in [1.807, 2.05) is 54.6 Å². The fourth-order valence-corrected chi connectivity index (χ4v) is 2.28. The van der Waals surface area contributed by atoms with Gasteiger partial charge >= 0.3 is 0 Å². The largest absolute Gasteiger partial charge is 0.378 e. The van der Waals surface area contributed by atoms with Gasteiger partial charge in [0.2, 0.25) is 0 Å². The second kappa shape index (κ2) is 6.20. The van der Waals surface area contributed by atoms with Crippen molar-refractivity contribution in [2.24, 2.45) is 0 Å². The smallest absolute Gasteiger partial charge is 0.260 e. The monoisotopic (exact) mass is 344 g/mol. The molecule has 0 saturated carbocycles. The minimum Gasteiger partial charge on any atom is -0.378 e. The van der Waals surface area contributed by atoms with Crippen molar-refractivity contribution in [1.29, 1.82) is 0 Å². The normalized spacial score (nSPS) is 12.3. The van der Waals surface area contributed by atoms with Crippen molar-refractivity contribution in [1.82, 2.24) is 10.1 Å². The van der Waals surface area contributed by atoms with Gasteiger partial charge in [0.05, 0.1) is 0 Å². The summed E-state index contributed by atoms with van der Waals surface area (Å²) in [7, 11) is 0. The number of benzene rings is 2. The Morgan fingerprint density at radius 1 is 1.05 bits per heavy atom. The summed E-state index contributed by atoms with van der Waals surface area (Å²) in [6.45, 7) is 0. The Kier molecular flexibility index (Phi) is 4.13. The van der Waals surface area contributed by atoms with Crippen LogP contribution in [-0.4, -0.2) is 15.2 Å². The van der Waals surface area contributed by atoms with Crippen LogP contribution in [0.3, 0.4) is 0 Å². The predicted molar refractivity (Wildman–Crippen MR) is 81.7 cm³/mol. The average Bonchev–Trinajstić information content (AvgIpc) is 2.98. The number of hydrogen-bond acceptors (Lipinski definition) is 4. The van der Waals surface area contributed by atoms with Crippen LogP contribution in [0, 0.1) is 0 Å². The van der Waals surface area contributed by atoms with E-state index in [4.69, 9.17) is 4.52 Å². The summed E-state index contributed by atoms with van der Waals surface area (Å²) in [6.07, 6.45) is -0.324. The first-order valence-corrected chi connectivity index (χ1v) is 7.31. The second-order valence-electron chi connectivity index (χ2n) is 4.67. The molecule has 5 heteroatoms. The van der Waals surface area contributed by atoms with Gasteiger partial charge in [0.1, 0.15) is 0 Å². The molecule has 0 aliphatic carbocycles. The number of aliphatic hydroxyl groups excluding tert-OH is 1. The first kappa shape index (κ1) is 14.0. The van der Waals surface area contributed by atoms with E-state index >= 15 is 0 Å². The fourth-order valence-electron chi connectivity index (χ4n) is 2.01. The first-order valence-electron chi connectivity index (χ1n) is 6.52. The van der Waals surface area contributed by atoms with Gasteiger partial charge in [0.25, 0.3) is 5.89 Å². The Balaban J connectivity index is 1.75. The molecule has 0 aliphatic heterocycles. The Labute approximate surface area is 130 Å². The van der Waals surface area contributed by atoms with E-state index < -0.39 is 6.10 Å². The van der Waals surface area contributed by atoms with Crippen molar-refractivity contribution in [2.75, 3.05) is 0 Å². The van der Waals surface area contributed by atoms with Gasteiger partial charge in [-0.05, 0) is 23.3 Å². The van der Waals surface area contributed by atoms with Crippen molar-refractivity contribution >= 4 is 15.9 Å². The summed E-state index contributed by atoms with van der Waals surface area (Å²) in [5, 5.41) is 14.1. The minimum absolute atomic E-state index is 0.216. The lowest BCUT2D eigenvalue weighted by molar-refractivity contribution is 0.170. The lowest BCUT2D eigenvalue weighted by Crippen LogP contribution is -2.00. The van der Waals surface area contributed by atoms with Crippen molar-refractivity contribution in [3.63, 3.8) is 0 Å². The van der Waals surface area contributed by atoms with Crippen molar-refractivity contribution in [3.05, 3.63) is 81.9 Å². The molecule has 0 bridgehead atoms. The molecule has 21 heavy (non-hydrogen) atoms. The third-order valence-electron chi connectivity index (χ3n) is 3.11. The number of rotatable bonds is 4. The molecule has 1 aromatic heterocycles. The summed E-state index contributed by atoms with van der Waals surface area (Å²) < 4.78 is 6.18. The van der Waals surface area contributed by atoms with Crippen molar-refractivity contribution in [3.8, 4) is 0 Å². The van der Waals surface area contributed by atoms with Gasteiger partial charge in [0.15, 0.2) is 11.9 Å². The number of aromatic nitrogens is 2. The molecule has 0 aliphatic rings. The molecule has 0 amide bonds. The highest BCUT2D eigenvalue weighted by Crippen LogP contribution is 2.20. The zero-order valence-electron chi connectivity index (χ0n) is 11.1. The van der Waals surface area contributed by atoms with Crippen LogP contribution < -0.4 is 0 Å². The Morgan fingerprint density at radius 2 is 1.76 bits per heavy atom. The Morgan fingerprint density at radius 3 is 2.48 bits per heavy atom. The molecule has 0 spiro atoms. The van der Waals surface area contributed by atoms with E-state index in [1.165, 1.54) is 0 Å². The van der Waals surface area contributed by atoms with Crippen LogP contribution in [0.5, 0.6) is 0 Å². The van der Waals surface area contributed by atoms with Crippen LogP contribution in [0.2, 0.25) is 0 Å². The number of nitrogens with zero attached hydrogens (tertiary/aromatic N) is 2. The molecular weight excluding hydrogens is 332 g/mol. The van der Waals surface area contributed by atoms with Gasteiger partial charge in [-0.2, -0.15) is 4.98 Å². The second-order valence-corrected chi connectivity index (χ2v) is 5.58. The maximum Gasteiger partial charge on any atom is 0.260 e. The van der Waals surface area contributed by atoms with Crippen LogP contribution in [0.4, 0.5) is 0 Å². The molecule has 106 valence electrons. The molecule has 0 radical (unpaired) electrons. The van der Waals surface area contributed by atoms with E-state index in [0.29, 0.717) is 12.2 Å². The molecule has 0 saturated heterocycles. The van der Waals surface area contributed by atoms with Crippen molar-refractivity contribution in [2.45, 2.75) is 12.5 Å². The first-order chi connectivity index (χ1) is 10.2. The van der Waals surface area contributed by atoms with E-state index in [2.05, 4.69) is 26.1 Å². The molecule has 1 heterocycles. The molecule has 3 rings (SSSR count). The predicted octanol–water partition coefficient (Wildman–Crippen LogP) is 3.50. The highest BCUT2D eigenvalue weighted by molar-refractivity contribution is 9.10. The molecule has 1 N–H and O–H groups in total. The van der Waals surface area contributed by atoms with Gasteiger partial charge in [-0.1, -0.05) is 63.6 Å². The average molecular weight is 345 g/mol. The molecule has 3 aromatic rings. The van der Waals surface area contributed by atoms with Crippen LogP contribution in [0.15, 0.2) is 63.6 Å². The molecule has 1 unspecified atom stereocenters. The summed E-state index contributed by atoms with van der Waals surface area (Å²) >= 11 is 3.40. The maximum atomic E-state index is 10.2. The fraction of sp³-hybridized carbons (Fsp3) is 0.125. The zero-order valence-corrected chi connectivity index (χ0v) is 12.7. The van der Waals surface area contributed by atoms with Gasteiger partial charge in [-0.25, -0.2) is 0 Å². The zero-order chi connectivity index (χ0) is 14.7. The number of aliphatic hydroxyl groups is 1. The van der Waals surface area contributed by atoms with E-state index in [9.17, 15) is 5.11 Å². The van der Waals surface area contributed by atoms with Gasteiger partial charge < -0.3 is 9.63 Å². The number of hydrogen-bond donors (Lipinski definition) is 1. The molecule has 1 atom stereocenters. The molecule has 0 fully saturated rings. The maximum absolute atomic E-state index is 10.2. The lowest BCUT2D eigenvalue weighted by atomic mass is 10.1. The third-order valence-corrected chi connectivity index (χ3v) is 3.64. The van der Waals surface area contributed by atoms with Crippen LogP contribution >= 0.6 is 15.9 Å². The SMILES string of the molecule is OC(c1ccccc1)c1nc(Cc2ccc(Br)cc2)no1. The molecule has 4 nitrogen and oxygen atoms in total. The van der Waals surface area contributed by atoms with E-state index in [0.717, 1.165) is 15.6 Å². The van der Waals surface area contributed by atoms with E-state index in [1.54, 1.807) is 0 Å². The quantitative estimate of drug-likeness (QED) is 0.786. The van der Waals surface area contributed by atoms with Crippen LogP contribution in [0.25, 0.3) is 0 Å². The van der Waals surface area contributed by atoms with Gasteiger partial charge in [-0.3, -0.25) is 0 Å². The summed E-state index contributed by atoms with van der Waals surface area (Å²) in [4.78, 5) is 4.26. The third kappa shape index (κ3) is 3.37. The van der Waals surface area contributed by atoms with Gasteiger partial charge in [-0.15, -0.1) is 0 Å². The molecule has 2 aromatic carbocycles. The van der Waals surface area contributed by atoms with Gasteiger partial charge in [0, 0.05) is 10.9 Å². The summed E-state index contributed by atoms with van der Waals surface area (Å²) in [5.41, 5.74) is 1.82. The number of halogens is 1. The Hall–Kier alpha value is -1.98. The Bertz CT molecular complexity index is 711. The highest BCUT2D eigenvalue weighted by Gasteiger charge is 2.17. The highest BCUT2D eigenvalue weighted by atomic mass is 79.9. The molecular formula is C16H13BrN2O2.